The number of halogens is 3. The van der Waals surface area contributed by atoms with Gasteiger partial charge in [0.2, 0.25) is 5.91 Å². The molecule has 2 aromatic carbocycles. The quantitative estimate of drug-likeness (QED) is 0.733. The molecule has 0 aliphatic heterocycles. The van der Waals surface area contributed by atoms with Crippen LogP contribution in [0.3, 0.4) is 0 Å². The van der Waals surface area contributed by atoms with Gasteiger partial charge >= 0.3 is 6.18 Å². The lowest BCUT2D eigenvalue weighted by Crippen LogP contribution is -2.22. The van der Waals surface area contributed by atoms with Crippen LogP contribution in [0.4, 0.5) is 24.5 Å². The lowest BCUT2D eigenvalue weighted by atomic mass is 9.87. The van der Waals surface area contributed by atoms with Gasteiger partial charge in [0, 0.05) is 12.6 Å². The zero-order valence-corrected chi connectivity index (χ0v) is 16.6. The Kier molecular flexibility index (Phi) is 6.56. The molecule has 0 radical (unpaired) electrons. The number of alkyl halides is 3. The number of amides is 2. The van der Waals surface area contributed by atoms with Crippen molar-refractivity contribution >= 4 is 23.2 Å². The fourth-order valence-corrected chi connectivity index (χ4v) is 2.56. The molecule has 0 bridgehead atoms. The molecular formula is C21H23F3N2O3. The first-order chi connectivity index (χ1) is 13.4. The fraction of sp³-hybridized carbons (Fsp3) is 0.333. The Hall–Kier alpha value is -3.03. The molecule has 8 heteroatoms. The largest absolute Gasteiger partial charge is 0.484 e. The number of carbonyl (C=O) groups excluding carboxylic acids is 2. The first kappa shape index (κ1) is 22.3. The first-order valence-electron chi connectivity index (χ1n) is 8.88. The molecule has 2 aromatic rings. The number of nitrogens with one attached hydrogen (secondary N) is 2. The minimum Gasteiger partial charge on any atom is -0.484 e. The number of rotatable bonds is 5. The summed E-state index contributed by atoms with van der Waals surface area (Å²) in [5, 5.41) is 4.50. The molecule has 5 nitrogen and oxygen atoms in total. The van der Waals surface area contributed by atoms with Crippen LogP contribution in [0.2, 0.25) is 0 Å². The van der Waals surface area contributed by atoms with Crippen LogP contribution in [-0.4, -0.2) is 18.4 Å². The molecule has 2 rings (SSSR count). The van der Waals surface area contributed by atoms with E-state index in [2.05, 4.69) is 10.6 Å². The smallest absolute Gasteiger partial charge is 0.418 e. The molecule has 0 heterocycles. The Morgan fingerprint density at radius 1 is 1.00 bits per heavy atom. The van der Waals surface area contributed by atoms with Gasteiger partial charge in [0.1, 0.15) is 5.75 Å². The molecular weight excluding hydrogens is 385 g/mol. The SMILES string of the molecule is CC(=O)Nc1ccc(NC(=O)COc2cccc(C(C)(C)C)c2)c(C(F)(F)F)c1. The minimum atomic E-state index is -4.71. The van der Waals surface area contributed by atoms with E-state index in [0.717, 1.165) is 17.7 Å². The molecule has 0 aliphatic carbocycles. The van der Waals surface area contributed by atoms with E-state index in [9.17, 15) is 22.8 Å². The predicted molar refractivity (Wildman–Crippen MR) is 105 cm³/mol. The van der Waals surface area contributed by atoms with Gasteiger partial charge in [0.25, 0.3) is 5.91 Å². The number of benzene rings is 2. The van der Waals surface area contributed by atoms with Gasteiger partial charge in [-0.2, -0.15) is 13.2 Å². The molecule has 0 saturated heterocycles. The molecule has 2 N–H and O–H groups in total. The molecule has 0 saturated carbocycles. The van der Waals surface area contributed by atoms with Gasteiger partial charge < -0.3 is 15.4 Å². The van der Waals surface area contributed by atoms with Gasteiger partial charge in [0.15, 0.2) is 6.61 Å². The molecule has 2 amide bonds. The summed E-state index contributed by atoms with van der Waals surface area (Å²) < 4.78 is 45.4. The van der Waals surface area contributed by atoms with Gasteiger partial charge in [-0.3, -0.25) is 9.59 Å². The number of ether oxygens (including phenoxy) is 1. The maximum atomic E-state index is 13.3. The van der Waals surface area contributed by atoms with E-state index < -0.39 is 35.8 Å². The highest BCUT2D eigenvalue weighted by Crippen LogP contribution is 2.36. The second-order valence-electron chi connectivity index (χ2n) is 7.55. The highest BCUT2D eigenvalue weighted by Gasteiger charge is 2.34. The molecule has 156 valence electrons. The third kappa shape index (κ3) is 6.51. The lowest BCUT2D eigenvalue weighted by molar-refractivity contribution is -0.137. The van der Waals surface area contributed by atoms with E-state index in [-0.39, 0.29) is 11.1 Å². The van der Waals surface area contributed by atoms with Crippen LogP contribution in [-0.2, 0) is 21.2 Å². The zero-order valence-electron chi connectivity index (χ0n) is 16.6. The van der Waals surface area contributed by atoms with Crippen molar-refractivity contribution in [3.63, 3.8) is 0 Å². The molecule has 0 unspecified atom stereocenters. The minimum absolute atomic E-state index is 0.0157. The summed E-state index contributed by atoms with van der Waals surface area (Å²) in [4.78, 5) is 23.2. The molecule has 29 heavy (non-hydrogen) atoms. The topological polar surface area (TPSA) is 67.4 Å². The number of carbonyl (C=O) groups is 2. The van der Waals surface area contributed by atoms with E-state index >= 15 is 0 Å². The summed E-state index contributed by atoms with van der Waals surface area (Å²) >= 11 is 0. The lowest BCUT2D eigenvalue weighted by Gasteiger charge is -2.20. The van der Waals surface area contributed by atoms with Crippen LogP contribution in [0.25, 0.3) is 0 Å². The van der Waals surface area contributed by atoms with Crippen molar-refractivity contribution < 1.29 is 27.5 Å². The average molecular weight is 408 g/mol. The summed E-state index contributed by atoms with van der Waals surface area (Å²) in [5.74, 6) is -0.783. The van der Waals surface area contributed by atoms with Crippen LogP contribution in [0.15, 0.2) is 42.5 Å². The summed E-state index contributed by atoms with van der Waals surface area (Å²) in [7, 11) is 0. The highest BCUT2D eigenvalue weighted by molar-refractivity contribution is 5.94. The van der Waals surface area contributed by atoms with Crippen LogP contribution in [0.5, 0.6) is 5.75 Å². The Labute approximate surface area is 167 Å². The predicted octanol–water partition coefficient (Wildman–Crippen LogP) is 4.98. The number of hydrogen-bond donors (Lipinski definition) is 2. The van der Waals surface area contributed by atoms with Crippen molar-refractivity contribution in [2.75, 3.05) is 17.2 Å². The second kappa shape index (κ2) is 8.55. The Morgan fingerprint density at radius 2 is 1.69 bits per heavy atom. The summed E-state index contributed by atoms with van der Waals surface area (Å²) in [6.45, 7) is 6.83. The Bertz CT molecular complexity index is 903. The van der Waals surface area contributed by atoms with Gasteiger partial charge in [-0.1, -0.05) is 32.9 Å². The maximum absolute atomic E-state index is 13.3. The van der Waals surface area contributed by atoms with Crippen molar-refractivity contribution in [1.82, 2.24) is 0 Å². The second-order valence-corrected chi connectivity index (χ2v) is 7.55. The molecule has 0 atom stereocenters. The third-order valence-electron chi connectivity index (χ3n) is 3.99. The normalized spacial score (nSPS) is 11.7. The average Bonchev–Trinajstić information content (AvgIpc) is 2.59. The summed E-state index contributed by atoms with van der Waals surface area (Å²) in [5.41, 5.74) is -0.601. The highest BCUT2D eigenvalue weighted by atomic mass is 19.4. The first-order valence-corrected chi connectivity index (χ1v) is 8.88. The maximum Gasteiger partial charge on any atom is 0.418 e. The van der Waals surface area contributed by atoms with Crippen molar-refractivity contribution in [1.29, 1.82) is 0 Å². The molecule has 0 aromatic heterocycles. The Morgan fingerprint density at radius 3 is 2.28 bits per heavy atom. The van der Waals surface area contributed by atoms with Gasteiger partial charge in [0.05, 0.1) is 11.3 Å². The van der Waals surface area contributed by atoms with E-state index in [1.54, 1.807) is 18.2 Å². The van der Waals surface area contributed by atoms with Crippen LogP contribution >= 0.6 is 0 Å². The third-order valence-corrected chi connectivity index (χ3v) is 3.99. The monoisotopic (exact) mass is 408 g/mol. The number of hydrogen-bond acceptors (Lipinski definition) is 3. The van der Waals surface area contributed by atoms with Crippen molar-refractivity contribution in [2.45, 2.75) is 39.3 Å². The van der Waals surface area contributed by atoms with Crippen molar-refractivity contribution in [3.05, 3.63) is 53.6 Å². The number of anilines is 2. The van der Waals surface area contributed by atoms with Crippen LogP contribution in [0, 0.1) is 0 Å². The summed E-state index contributed by atoms with van der Waals surface area (Å²) in [6.07, 6.45) is -4.71. The van der Waals surface area contributed by atoms with E-state index in [1.807, 2.05) is 26.8 Å². The zero-order chi connectivity index (χ0) is 21.8. The van der Waals surface area contributed by atoms with E-state index in [0.29, 0.717) is 5.75 Å². The van der Waals surface area contributed by atoms with Gasteiger partial charge in [-0.15, -0.1) is 0 Å². The van der Waals surface area contributed by atoms with Gasteiger partial charge in [-0.25, -0.2) is 0 Å². The van der Waals surface area contributed by atoms with E-state index in [1.165, 1.54) is 13.0 Å². The fourth-order valence-electron chi connectivity index (χ4n) is 2.56. The summed E-state index contributed by atoms with van der Waals surface area (Å²) in [6, 6.07) is 10.3. The van der Waals surface area contributed by atoms with Crippen LogP contribution < -0.4 is 15.4 Å². The molecule has 0 fully saturated rings. The van der Waals surface area contributed by atoms with E-state index in [4.69, 9.17) is 4.74 Å². The van der Waals surface area contributed by atoms with Crippen LogP contribution in [0.1, 0.15) is 38.8 Å². The standard InChI is InChI=1S/C21H23F3N2O3/c1-13(27)25-15-8-9-18(17(11-15)21(22,23)24)26-19(28)12-29-16-7-5-6-14(10-16)20(2,3)4/h5-11H,12H2,1-4H3,(H,25,27)(H,26,28). The van der Waals surface area contributed by atoms with Crippen molar-refractivity contribution in [2.24, 2.45) is 0 Å². The Balaban J connectivity index is 2.11. The molecule has 0 aliphatic rings. The van der Waals surface area contributed by atoms with Crippen molar-refractivity contribution in [3.8, 4) is 5.75 Å². The molecule has 0 spiro atoms. The van der Waals surface area contributed by atoms with Gasteiger partial charge in [-0.05, 0) is 41.3 Å².